The molecular formula is C21H24FN5O4. The Morgan fingerprint density at radius 3 is 2.19 bits per heavy atom. The highest BCUT2D eigenvalue weighted by Crippen LogP contribution is 2.39. The fraction of sp³-hybridized carbons (Fsp3) is 0.333. The lowest BCUT2D eigenvalue weighted by molar-refractivity contribution is 0.0948. The molecule has 0 saturated carbocycles. The van der Waals surface area contributed by atoms with Gasteiger partial charge in [0.05, 0.1) is 32.1 Å². The minimum Gasteiger partial charge on any atom is -0.490 e. The van der Waals surface area contributed by atoms with Crippen LogP contribution in [0.3, 0.4) is 0 Å². The molecule has 0 aliphatic rings. The van der Waals surface area contributed by atoms with E-state index in [9.17, 15) is 9.18 Å². The highest BCUT2D eigenvalue weighted by Gasteiger charge is 2.19. The van der Waals surface area contributed by atoms with Crippen molar-refractivity contribution in [3.05, 3.63) is 53.6 Å². The summed E-state index contributed by atoms with van der Waals surface area (Å²) in [4.78, 5) is 12.8. The van der Waals surface area contributed by atoms with Gasteiger partial charge in [0.1, 0.15) is 5.82 Å². The van der Waals surface area contributed by atoms with Crippen LogP contribution in [0, 0.1) is 5.82 Å². The van der Waals surface area contributed by atoms with E-state index in [0.29, 0.717) is 54.1 Å². The minimum absolute atomic E-state index is 0.0599. The van der Waals surface area contributed by atoms with Crippen molar-refractivity contribution < 1.29 is 23.4 Å². The minimum atomic E-state index is -0.364. The van der Waals surface area contributed by atoms with Crippen LogP contribution in [-0.2, 0) is 6.54 Å². The molecule has 3 aromatic rings. The number of rotatable bonds is 10. The zero-order valence-corrected chi connectivity index (χ0v) is 17.6. The van der Waals surface area contributed by atoms with E-state index in [-0.39, 0.29) is 18.3 Å². The summed E-state index contributed by atoms with van der Waals surface area (Å²) in [5.74, 6) is 0.980. The normalized spacial score (nSPS) is 10.6. The first-order chi connectivity index (χ1) is 15.1. The summed E-state index contributed by atoms with van der Waals surface area (Å²) in [6.45, 7) is 6.85. The van der Waals surface area contributed by atoms with Crippen LogP contribution in [0.1, 0.15) is 37.0 Å². The van der Waals surface area contributed by atoms with Crippen LogP contribution >= 0.6 is 0 Å². The molecular weight excluding hydrogens is 405 g/mol. The molecule has 1 heterocycles. The number of aromatic nitrogens is 4. The Morgan fingerprint density at radius 1 is 1.00 bits per heavy atom. The number of ether oxygens (including phenoxy) is 3. The summed E-state index contributed by atoms with van der Waals surface area (Å²) in [5, 5.41) is 14.3. The van der Waals surface area contributed by atoms with Gasteiger partial charge < -0.3 is 19.5 Å². The first-order valence-electron chi connectivity index (χ1n) is 9.95. The number of hydrogen-bond acceptors (Lipinski definition) is 7. The molecule has 10 heteroatoms. The van der Waals surface area contributed by atoms with E-state index in [0.717, 1.165) is 0 Å². The smallest absolute Gasteiger partial charge is 0.251 e. The van der Waals surface area contributed by atoms with E-state index in [1.54, 1.807) is 24.3 Å². The van der Waals surface area contributed by atoms with Crippen LogP contribution in [0.2, 0.25) is 0 Å². The third-order valence-electron chi connectivity index (χ3n) is 4.18. The largest absolute Gasteiger partial charge is 0.490 e. The molecule has 1 amide bonds. The lowest BCUT2D eigenvalue weighted by Crippen LogP contribution is -2.25. The van der Waals surface area contributed by atoms with Gasteiger partial charge in [-0.05, 0) is 67.6 Å². The summed E-state index contributed by atoms with van der Waals surface area (Å²) in [7, 11) is 0. The molecule has 0 radical (unpaired) electrons. The van der Waals surface area contributed by atoms with Gasteiger partial charge in [-0.15, -0.1) is 5.10 Å². The number of benzene rings is 2. The molecule has 0 saturated heterocycles. The van der Waals surface area contributed by atoms with E-state index < -0.39 is 0 Å². The van der Waals surface area contributed by atoms with E-state index >= 15 is 0 Å². The fourth-order valence-electron chi connectivity index (χ4n) is 2.88. The second-order valence-electron chi connectivity index (χ2n) is 6.27. The molecule has 1 N–H and O–H groups in total. The summed E-state index contributed by atoms with van der Waals surface area (Å²) < 4.78 is 31.6. The van der Waals surface area contributed by atoms with Gasteiger partial charge >= 0.3 is 0 Å². The number of amides is 1. The highest BCUT2D eigenvalue weighted by molar-refractivity contribution is 5.95. The van der Waals surface area contributed by atoms with Crippen molar-refractivity contribution in [2.24, 2.45) is 0 Å². The van der Waals surface area contributed by atoms with E-state index in [1.165, 1.54) is 16.8 Å². The Morgan fingerprint density at radius 2 is 1.61 bits per heavy atom. The molecule has 3 rings (SSSR count). The Labute approximate surface area is 179 Å². The average molecular weight is 429 g/mol. The number of hydrogen-bond donors (Lipinski definition) is 1. The van der Waals surface area contributed by atoms with Crippen LogP contribution in [-0.4, -0.2) is 45.9 Å². The molecule has 0 atom stereocenters. The predicted molar refractivity (Wildman–Crippen MR) is 110 cm³/mol. The summed E-state index contributed by atoms with van der Waals surface area (Å²) in [6, 6.07) is 8.93. The molecule has 31 heavy (non-hydrogen) atoms. The Balaban J connectivity index is 1.81. The van der Waals surface area contributed by atoms with Crippen molar-refractivity contribution >= 4 is 5.91 Å². The average Bonchev–Trinajstić information content (AvgIpc) is 3.23. The van der Waals surface area contributed by atoms with Gasteiger partial charge in [0.15, 0.2) is 17.3 Å². The van der Waals surface area contributed by atoms with Gasteiger partial charge in [0.2, 0.25) is 5.75 Å². The van der Waals surface area contributed by atoms with E-state index in [4.69, 9.17) is 14.2 Å². The van der Waals surface area contributed by atoms with Crippen molar-refractivity contribution in [1.82, 2.24) is 25.5 Å². The second kappa shape index (κ2) is 10.4. The predicted octanol–water partition coefficient (Wildman–Crippen LogP) is 2.93. The van der Waals surface area contributed by atoms with Crippen LogP contribution in [0.25, 0.3) is 5.69 Å². The quantitative estimate of drug-likeness (QED) is 0.529. The van der Waals surface area contributed by atoms with Crippen molar-refractivity contribution in [2.45, 2.75) is 27.3 Å². The number of halogens is 1. The molecule has 164 valence electrons. The van der Waals surface area contributed by atoms with Gasteiger partial charge in [-0.3, -0.25) is 4.79 Å². The SMILES string of the molecule is CCOc1cc(C(=O)NCc2nnnn2-c2ccc(F)cc2)cc(OCC)c1OCC. The van der Waals surface area contributed by atoms with Gasteiger partial charge in [0, 0.05) is 5.56 Å². The maximum atomic E-state index is 13.2. The van der Waals surface area contributed by atoms with E-state index in [2.05, 4.69) is 20.8 Å². The molecule has 2 aromatic carbocycles. The van der Waals surface area contributed by atoms with E-state index in [1.807, 2.05) is 20.8 Å². The number of nitrogens with one attached hydrogen (secondary N) is 1. The van der Waals surface area contributed by atoms with Gasteiger partial charge in [-0.25, -0.2) is 4.39 Å². The van der Waals surface area contributed by atoms with Crippen molar-refractivity contribution in [3.63, 3.8) is 0 Å². The number of carbonyl (C=O) groups is 1. The monoisotopic (exact) mass is 429 g/mol. The third kappa shape index (κ3) is 5.27. The Bertz CT molecular complexity index is 996. The number of tetrazole rings is 1. The fourth-order valence-corrected chi connectivity index (χ4v) is 2.88. The Kier molecular flexibility index (Phi) is 7.36. The molecule has 0 fully saturated rings. The first kappa shape index (κ1) is 22.0. The molecule has 0 aliphatic carbocycles. The summed E-state index contributed by atoms with van der Waals surface area (Å²) >= 11 is 0. The Hall–Kier alpha value is -3.69. The number of nitrogens with zero attached hydrogens (tertiary/aromatic N) is 4. The summed E-state index contributed by atoms with van der Waals surface area (Å²) in [6.07, 6.45) is 0. The lowest BCUT2D eigenvalue weighted by Gasteiger charge is -2.17. The van der Waals surface area contributed by atoms with Crippen molar-refractivity contribution in [2.75, 3.05) is 19.8 Å². The van der Waals surface area contributed by atoms with Crippen molar-refractivity contribution in [3.8, 4) is 22.9 Å². The highest BCUT2D eigenvalue weighted by atomic mass is 19.1. The van der Waals surface area contributed by atoms with Crippen molar-refractivity contribution in [1.29, 1.82) is 0 Å². The zero-order valence-electron chi connectivity index (χ0n) is 17.6. The standard InChI is InChI=1S/C21H24FN5O4/c1-4-29-17-11-14(12-18(30-5-2)20(17)31-6-3)21(28)23-13-19-24-25-26-27(19)16-9-7-15(22)8-10-16/h7-12H,4-6,13H2,1-3H3,(H,23,28). The molecule has 0 aliphatic heterocycles. The molecule has 0 spiro atoms. The third-order valence-corrected chi connectivity index (χ3v) is 4.18. The zero-order chi connectivity index (χ0) is 22.2. The van der Waals surface area contributed by atoms with Gasteiger partial charge in [-0.1, -0.05) is 0 Å². The summed E-state index contributed by atoms with van der Waals surface area (Å²) in [5.41, 5.74) is 0.921. The lowest BCUT2D eigenvalue weighted by atomic mass is 10.1. The topological polar surface area (TPSA) is 100 Å². The maximum absolute atomic E-state index is 13.2. The van der Waals surface area contributed by atoms with Crippen LogP contribution < -0.4 is 19.5 Å². The van der Waals surface area contributed by atoms with Gasteiger partial charge in [0.25, 0.3) is 5.91 Å². The maximum Gasteiger partial charge on any atom is 0.251 e. The van der Waals surface area contributed by atoms with Gasteiger partial charge in [-0.2, -0.15) is 4.68 Å². The van der Waals surface area contributed by atoms with Crippen LogP contribution in [0.4, 0.5) is 4.39 Å². The molecule has 0 bridgehead atoms. The van der Waals surface area contributed by atoms with Crippen LogP contribution in [0.5, 0.6) is 17.2 Å². The molecule has 9 nitrogen and oxygen atoms in total. The van der Waals surface area contributed by atoms with Crippen LogP contribution in [0.15, 0.2) is 36.4 Å². The second-order valence-corrected chi connectivity index (χ2v) is 6.27. The molecule has 0 unspecified atom stereocenters. The molecule has 1 aromatic heterocycles. The first-order valence-corrected chi connectivity index (χ1v) is 9.95. The number of carbonyl (C=O) groups excluding carboxylic acids is 1.